The molecule has 0 saturated carbocycles. The zero-order valence-electron chi connectivity index (χ0n) is 12.7. The molecule has 1 aromatic carbocycles. The van der Waals surface area contributed by atoms with E-state index >= 15 is 0 Å². The number of amides is 2. The number of hydrogen-bond acceptors (Lipinski definition) is 5. The molecular formula is C17H13NO5S. The number of rotatable bonds is 4. The van der Waals surface area contributed by atoms with Gasteiger partial charge in [-0.2, -0.15) is 0 Å². The minimum Gasteiger partial charge on any atom is -0.480 e. The van der Waals surface area contributed by atoms with E-state index in [-0.39, 0.29) is 4.91 Å². The van der Waals surface area contributed by atoms with E-state index in [9.17, 15) is 14.4 Å². The third kappa shape index (κ3) is 3.26. The number of aliphatic carboxylic acids is 1. The number of aryl methyl sites for hydroxylation is 1. The van der Waals surface area contributed by atoms with Gasteiger partial charge in [-0.05, 0) is 36.9 Å². The molecule has 0 unspecified atom stereocenters. The fourth-order valence-corrected chi connectivity index (χ4v) is 3.10. The summed E-state index contributed by atoms with van der Waals surface area (Å²) >= 11 is 0.701. The number of carboxylic acid groups (broad SMARTS) is 1. The second-order valence-electron chi connectivity index (χ2n) is 5.23. The van der Waals surface area contributed by atoms with Crippen molar-refractivity contribution in [3.05, 3.63) is 52.6 Å². The highest BCUT2D eigenvalue weighted by Crippen LogP contribution is 2.33. The second-order valence-corrected chi connectivity index (χ2v) is 6.23. The standard InChI is InChI=1S/C17H13NO5S/c1-10-3-2-4-11(7-10)13-6-5-12(23-13)8-14-16(21)18(9-15(19)20)17(22)24-14/h2-8H,9H2,1H3,(H,19,20)/b14-8-. The van der Waals surface area contributed by atoms with Crippen LogP contribution in [0, 0.1) is 6.92 Å². The third-order valence-electron chi connectivity index (χ3n) is 3.37. The van der Waals surface area contributed by atoms with Gasteiger partial charge in [-0.25, -0.2) is 0 Å². The number of carbonyl (C=O) groups excluding carboxylic acids is 2. The Morgan fingerprint density at radius 2 is 2.08 bits per heavy atom. The summed E-state index contributed by atoms with van der Waals surface area (Å²) in [6.45, 7) is 1.33. The van der Waals surface area contributed by atoms with Crippen molar-refractivity contribution in [1.29, 1.82) is 0 Å². The van der Waals surface area contributed by atoms with Gasteiger partial charge in [0.1, 0.15) is 18.1 Å². The molecule has 1 saturated heterocycles. The average Bonchev–Trinajstić information content (AvgIpc) is 3.08. The van der Waals surface area contributed by atoms with Crippen LogP contribution in [-0.2, 0) is 9.59 Å². The van der Waals surface area contributed by atoms with Gasteiger partial charge in [0.15, 0.2) is 0 Å². The smallest absolute Gasteiger partial charge is 0.323 e. The minimum absolute atomic E-state index is 0.145. The molecule has 0 aliphatic carbocycles. The van der Waals surface area contributed by atoms with Crippen LogP contribution < -0.4 is 0 Å². The van der Waals surface area contributed by atoms with E-state index in [1.807, 2.05) is 31.2 Å². The van der Waals surface area contributed by atoms with Gasteiger partial charge in [-0.15, -0.1) is 0 Å². The summed E-state index contributed by atoms with van der Waals surface area (Å²) in [5.41, 5.74) is 2.01. The average molecular weight is 343 g/mol. The predicted octanol–water partition coefficient (Wildman–Crippen LogP) is 3.38. The van der Waals surface area contributed by atoms with Crippen molar-refractivity contribution in [3.8, 4) is 11.3 Å². The van der Waals surface area contributed by atoms with Crippen LogP contribution >= 0.6 is 11.8 Å². The van der Waals surface area contributed by atoms with Gasteiger partial charge in [0.2, 0.25) is 0 Å². The molecule has 0 radical (unpaired) electrons. The van der Waals surface area contributed by atoms with Crippen molar-refractivity contribution in [1.82, 2.24) is 4.90 Å². The van der Waals surface area contributed by atoms with Crippen molar-refractivity contribution in [2.45, 2.75) is 6.92 Å². The molecular weight excluding hydrogens is 330 g/mol. The summed E-state index contributed by atoms with van der Waals surface area (Å²) in [5.74, 6) is -0.791. The largest absolute Gasteiger partial charge is 0.480 e. The molecule has 122 valence electrons. The molecule has 1 aliphatic rings. The molecule has 2 heterocycles. The van der Waals surface area contributed by atoms with Crippen molar-refractivity contribution in [2.24, 2.45) is 0 Å². The summed E-state index contributed by atoms with van der Waals surface area (Å²) < 4.78 is 5.70. The minimum atomic E-state index is -1.24. The van der Waals surface area contributed by atoms with E-state index < -0.39 is 23.7 Å². The van der Waals surface area contributed by atoms with Crippen LogP contribution in [-0.4, -0.2) is 33.7 Å². The first kappa shape index (κ1) is 16.1. The van der Waals surface area contributed by atoms with Gasteiger partial charge in [0.25, 0.3) is 11.1 Å². The van der Waals surface area contributed by atoms with Gasteiger partial charge >= 0.3 is 5.97 Å². The molecule has 1 aliphatic heterocycles. The fourth-order valence-electron chi connectivity index (χ4n) is 2.28. The quantitative estimate of drug-likeness (QED) is 0.856. The van der Waals surface area contributed by atoms with Gasteiger partial charge in [0.05, 0.1) is 4.91 Å². The van der Waals surface area contributed by atoms with Crippen LogP contribution in [0.4, 0.5) is 4.79 Å². The Bertz CT molecular complexity index is 867. The second kappa shape index (κ2) is 6.37. The highest BCUT2D eigenvalue weighted by Gasteiger charge is 2.36. The Labute approximate surface area is 141 Å². The molecule has 2 amide bonds. The number of thioether (sulfide) groups is 1. The van der Waals surface area contributed by atoms with Gasteiger partial charge in [-0.1, -0.05) is 23.8 Å². The first-order chi connectivity index (χ1) is 11.4. The lowest BCUT2D eigenvalue weighted by atomic mass is 10.1. The maximum absolute atomic E-state index is 12.1. The topological polar surface area (TPSA) is 87.8 Å². The molecule has 3 rings (SSSR count). The Morgan fingerprint density at radius 1 is 1.29 bits per heavy atom. The van der Waals surface area contributed by atoms with Crippen molar-refractivity contribution in [2.75, 3.05) is 6.54 Å². The molecule has 0 spiro atoms. The van der Waals surface area contributed by atoms with Crippen LogP contribution in [0.25, 0.3) is 17.4 Å². The zero-order chi connectivity index (χ0) is 17.3. The normalized spacial score (nSPS) is 16.2. The van der Waals surface area contributed by atoms with E-state index in [4.69, 9.17) is 9.52 Å². The Hall–Kier alpha value is -2.80. The first-order valence-electron chi connectivity index (χ1n) is 7.08. The van der Waals surface area contributed by atoms with Crippen molar-refractivity contribution < 1.29 is 23.9 Å². The lowest BCUT2D eigenvalue weighted by molar-refractivity contribution is -0.140. The lowest BCUT2D eigenvalue weighted by Crippen LogP contribution is -2.33. The summed E-state index contributed by atoms with van der Waals surface area (Å²) in [6, 6.07) is 11.3. The SMILES string of the molecule is Cc1cccc(-c2ccc(/C=C3\SC(=O)N(CC(=O)O)C3=O)o2)c1. The molecule has 0 bridgehead atoms. The van der Waals surface area contributed by atoms with E-state index in [2.05, 4.69) is 0 Å². The van der Waals surface area contributed by atoms with Gasteiger partial charge in [-0.3, -0.25) is 19.3 Å². The monoisotopic (exact) mass is 343 g/mol. The molecule has 24 heavy (non-hydrogen) atoms. The van der Waals surface area contributed by atoms with Gasteiger partial charge in [0, 0.05) is 11.6 Å². The Kier molecular flexibility index (Phi) is 4.26. The summed E-state index contributed by atoms with van der Waals surface area (Å²) in [5, 5.41) is 8.15. The Balaban J connectivity index is 1.84. The maximum Gasteiger partial charge on any atom is 0.323 e. The third-order valence-corrected chi connectivity index (χ3v) is 4.28. The summed E-state index contributed by atoms with van der Waals surface area (Å²) in [7, 11) is 0. The zero-order valence-corrected chi connectivity index (χ0v) is 13.5. The Morgan fingerprint density at radius 3 is 2.79 bits per heavy atom. The number of benzene rings is 1. The number of nitrogens with zero attached hydrogens (tertiary/aromatic N) is 1. The molecule has 7 heteroatoms. The van der Waals surface area contributed by atoms with E-state index in [0.29, 0.717) is 28.2 Å². The molecule has 2 aromatic rings. The number of carboxylic acids is 1. The van der Waals surface area contributed by atoms with Crippen LogP contribution in [0.1, 0.15) is 11.3 Å². The van der Waals surface area contributed by atoms with Crippen LogP contribution in [0.3, 0.4) is 0 Å². The number of furan rings is 1. The van der Waals surface area contributed by atoms with Crippen LogP contribution in [0.5, 0.6) is 0 Å². The molecule has 1 N–H and O–H groups in total. The van der Waals surface area contributed by atoms with E-state index in [0.717, 1.165) is 11.1 Å². The number of carbonyl (C=O) groups is 3. The van der Waals surface area contributed by atoms with Crippen molar-refractivity contribution >= 4 is 35.0 Å². The summed E-state index contributed by atoms with van der Waals surface area (Å²) in [4.78, 5) is 35.4. The molecule has 1 fully saturated rings. The molecule has 1 aromatic heterocycles. The van der Waals surface area contributed by atoms with E-state index in [1.165, 1.54) is 6.08 Å². The van der Waals surface area contributed by atoms with Gasteiger partial charge < -0.3 is 9.52 Å². The number of imide groups is 1. The maximum atomic E-state index is 12.1. The van der Waals surface area contributed by atoms with E-state index in [1.54, 1.807) is 12.1 Å². The molecule has 6 nitrogen and oxygen atoms in total. The highest BCUT2D eigenvalue weighted by atomic mass is 32.2. The summed E-state index contributed by atoms with van der Waals surface area (Å²) in [6.07, 6.45) is 1.45. The van der Waals surface area contributed by atoms with Crippen LogP contribution in [0.15, 0.2) is 45.7 Å². The fraction of sp³-hybridized carbons (Fsp3) is 0.118. The number of hydrogen-bond donors (Lipinski definition) is 1. The van der Waals surface area contributed by atoms with Crippen molar-refractivity contribution in [3.63, 3.8) is 0 Å². The molecule has 0 atom stereocenters. The van der Waals surface area contributed by atoms with Crippen LogP contribution in [0.2, 0.25) is 0 Å². The predicted molar refractivity (Wildman–Crippen MR) is 89.2 cm³/mol. The first-order valence-corrected chi connectivity index (χ1v) is 7.90. The highest BCUT2D eigenvalue weighted by molar-refractivity contribution is 8.18. The lowest BCUT2D eigenvalue weighted by Gasteiger charge is -2.07.